The number of aromatic nitrogens is 4. The third kappa shape index (κ3) is 3.24. The molecule has 3 aromatic rings. The predicted octanol–water partition coefficient (Wildman–Crippen LogP) is 3.44. The Hall–Kier alpha value is -2.96. The summed E-state index contributed by atoms with van der Waals surface area (Å²) in [5.41, 5.74) is 1.92. The van der Waals surface area contributed by atoms with Gasteiger partial charge < -0.3 is 10.1 Å². The van der Waals surface area contributed by atoms with E-state index >= 15 is 0 Å². The zero-order valence-electron chi connectivity index (χ0n) is 15.1. The second kappa shape index (κ2) is 6.40. The van der Waals surface area contributed by atoms with Gasteiger partial charge >= 0.3 is 0 Å². The SMILES string of the molecule is CC(=O)Nc1cc2c(cn1)c(C1CC1)nn2-c1cccc(OC(C)C)n1. The van der Waals surface area contributed by atoms with Crippen LogP contribution in [0.3, 0.4) is 0 Å². The fourth-order valence-corrected chi connectivity index (χ4v) is 2.94. The van der Waals surface area contributed by atoms with E-state index in [1.54, 1.807) is 6.20 Å². The zero-order valence-corrected chi connectivity index (χ0v) is 15.1. The van der Waals surface area contributed by atoms with E-state index in [1.807, 2.05) is 42.8 Å². The molecule has 26 heavy (non-hydrogen) atoms. The first kappa shape index (κ1) is 16.5. The van der Waals surface area contributed by atoms with Crippen LogP contribution in [0, 0.1) is 0 Å². The molecule has 4 rings (SSSR count). The van der Waals surface area contributed by atoms with Gasteiger partial charge in [-0.1, -0.05) is 6.07 Å². The number of carbonyl (C=O) groups is 1. The summed E-state index contributed by atoms with van der Waals surface area (Å²) in [5.74, 6) is 2.06. The van der Waals surface area contributed by atoms with Gasteiger partial charge in [0.05, 0.1) is 17.3 Å². The van der Waals surface area contributed by atoms with Crippen LogP contribution in [0.5, 0.6) is 5.88 Å². The number of nitrogens with zero attached hydrogens (tertiary/aromatic N) is 4. The van der Waals surface area contributed by atoms with Crippen LogP contribution in [0.1, 0.15) is 45.2 Å². The van der Waals surface area contributed by atoms with E-state index in [9.17, 15) is 4.79 Å². The Kier molecular flexibility index (Phi) is 4.06. The van der Waals surface area contributed by atoms with Crippen LogP contribution < -0.4 is 10.1 Å². The molecule has 3 heterocycles. The van der Waals surface area contributed by atoms with E-state index < -0.39 is 0 Å². The molecule has 0 spiro atoms. The van der Waals surface area contributed by atoms with Crippen molar-refractivity contribution in [2.24, 2.45) is 0 Å². The van der Waals surface area contributed by atoms with Crippen molar-refractivity contribution in [2.45, 2.75) is 45.6 Å². The standard InChI is InChI=1S/C19H21N5O2/c1-11(2)26-18-6-4-5-17(22-18)24-15-9-16(21-12(3)25)20-10-14(15)19(23-24)13-7-8-13/h4-6,9-11,13H,7-8H2,1-3H3,(H,20,21,25). The molecule has 0 aliphatic heterocycles. The maximum Gasteiger partial charge on any atom is 0.222 e. The summed E-state index contributed by atoms with van der Waals surface area (Å²) in [5, 5.41) is 8.54. The first-order valence-corrected chi connectivity index (χ1v) is 8.81. The predicted molar refractivity (Wildman–Crippen MR) is 98.7 cm³/mol. The first-order valence-electron chi connectivity index (χ1n) is 8.81. The molecular weight excluding hydrogens is 330 g/mol. The number of carbonyl (C=O) groups excluding carboxylic acids is 1. The van der Waals surface area contributed by atoms with Gasteiger partial charge in [0.25, 0.3) is 0 Å². The molecule has 1 aliphatic rings. The van der Waals surface area contributed by atoms with Crippen molar-refractivity contribution in [1.29, 1.82) is 0 Å². The van der Waals surface area contributed by atoms with Crippen LogP contribution in [0.15, 0.2) is 30.5 Å². The molecule has 1 N–H and O–H groups in total. The summed E-state index contributed by atoms with van der Waals surface area (Å²) in [7, 11) is 0. The van der Waals surface area contributed by atoms with Crippen LogP contribution in [-0.4, -0.2) is 31.8 Å². The highest BCUT2D eigenvalue weighted by atomic mass is 16.5. The number of hydrogen-bond donors (Lipinski definition) is 1. The molecule has 0 atom stereocenters. The van der Waals surface area contributed by atoms with Gasteiger partial charge in [0.1, 0.15) is 5.82 Å². The lowest BCUT2D eigenvalue weighted by atomic mass is 10.2. The largest absolute Gasteiger partial charge is 0.475 e. The molecule has 0 unspecified atom stereocenters. The molecule has 3 aromatic heterocycles. The number of hydrogen-bond acceptors (Lipinski definition) is 5. The Morgan fingerprint density at radius 2 is 2.15 bits per heavy atom. The fourth-order valence-electron chi connectivity index (χ4n) is 2.94. The van der Waals surface area contributed by atoms with E-state index in [2.05, 4.69) is 15.3 Å². The minimum atomic E-state index is -0.157. The van der Waals surface area contributed by atoms with Crippen LogP contribution in [0.2, 0.25) is 0 Å². The smallest absolute Gasteiger partial charge is 0.222 e. The minimum Gasteiger partial charge on any atom is -0.475 e. The average molecular weight is 351 g/mol. The minimum absolute atomic E-state index is 0.0460. The third-order valence-electron chi connectivity index (χ3n) is 4.14. The van der Waals surface area contributed by atoms with Crippen molar-refractivity contribution in [2.75, 3.05) is 5.32 Å². The van der Waals surface area contributed by atoms with Gasteiger partial charge in [0.2, 0.25) is 11.8 Å². The molecule has 0 bridgehead atoms. The number of amides is 1. The highest BCUT2D eigenvalue weighted by Gasteiger charge is 2.30. The van der Waals surface area contributed by atoms with Gasteiger partial charge in [-0.05, 0) is 32.8 Å². The molecule has 1 saturated carbocycles. The van der Waals surface area contributed by atoms with E-state index in [-0.39, 0.29) is 12.0 Å². The highest BCUT2D eigenvalue weighted by Crippen LogP contribution is 2.42. The van der Waals surface area contributed by atoms with Crippen molar-refractivity contribution < 1.29 is 9.53 Å². The second-order valence-electron chi connectivity index (χ2n) is 6.84. The summed E-state index contributed by atoms with van der Waals surface area (Å²) < 4.78 is 7.52. The fraction of sp³-hybridized carbons (Fsp3) is 0.368. The Labute approximate surface area is 151 Å². The van der Waals surface area contributed by atoms with Gasteiger partial charge in [0.15, 0.2) is 5.82 Å². The van der Waals surface area contributed by atoms with Crippen molar-refractivity contribution in [3.8, 4) is 11.7 Å². The van der Waals surface area contributed by atoms with Crippen LogP contribution >= 0.6 is 0 Å². The zero-order chi connectivity index (χ0) is 18.3. The molecular formula is C19H21N5O2. The third-order valence-corrected chi connectivity index (χ3v) is 4.14. The van der Waals surface area contributed by atoms with Crippen LogP contribution in [0.25, 0.3) is 16.7 Å². The molecule has 0 aromatic carbocycles. The van der Waals surface area contributed by atoms with Crippen molar-refractivity contribution in [1.82, 2.24) is 19.7 Å². The number of rotatable bonds is 5. The lowest BCUT2D eigenvalue weighted by Crippen LogP contribution is -2.09. The van der Waals surface area contributed by atoms with Crippen LogP contribution in [0.4, 0.5) is 5.82 Å². The maximum absolute atomic E-state index is 11.4. The van der Waals surface area contributed by atoms with Gasteiger partial charge in [-0.15, -0.1) is 0 Å². The average Bonchev–Trinajstić information content (AvgIpc) is 3.35. The topological polar surface area (TPSA) is 81.9 Å². The Balaban J connectivity index is 1.84. The molecule has 0 saturated heterocycles. The second-order valence-corrected chi connectivity index (χ2v) is 6.84. The summed E-state index contributed by atoms with van der Waals surface area (Å²) in [6.45, 7) is 5.40. The van der Waals surface area contributed by atoms with Crippen LogP contribution in [-0.2, 0) is 4.79 Å². The number of nitrogens with one attached hydrogen (secondary N) is 1. The van der Waals surface area contributed by atoms with Crippen molar-refractivity contribution in [3.05, 3.63) is 36.2 Å². The van der Waals surface area contributed by atoms with Gasteiger partial charge in [-0.25, -0.2) is 9.67 Å². The van der Waals surface area contributed by atoms with Gasteiger partial charge in [-0.3, -0.25) is 4.79 Å². The van der Waals surface area contributed by atoms with Crippen molar-refractivity contribution in [3.63, 3.8) is 0 Å². The number of pyridine rings is 2. The molecule has 1 fully saturated rings. The molecule has 1 aliphatic carbocycles. The van der Waals surface area contributed by atoms with Gasteiger partial charge in [0, 0.05) is 36.6 Å². The van der Waals surface area contributed by atoms with E-state index in [0.717, 1.165) is 29.4 Å². The number of ether oxygens (including phenoxy) is 1. The lowest BCUT2D eigenvalue weighted by Gasteiger charge is -2.10. The Morgan fingerprint density at radius 3 is 2.85 bits per heavy atom. The number of fused-ring (bicyclic) bond motifs is 1. The summed E-state index contributed by atoms with van der Waals surface area (Å²) in [4.78, 5) is 20.3. The molecule has 134 valence electrons. The summed E-state index contributed by atoms with van der Waals surface area (Å²) in [6, 6.07) is 7.48. The quantitative estimate of drug-likeness (QED) is 0.761. The Bertz CT molecular complexity index is 975. The normalized spacial score (nSPS) is 14.0. The first-order chi connectivity index (χ1) is 12.5. The van der Waals surface area contributed by atoms with Gasteiger partial charge in [-0.2, -0.15) is 10.1 Å². The summed E-state index contributed by atoms with van der Waals surface area (Å²) in [6.07, 6.45) is 4.11. The molecule has 7 heteroatoms. The number of anilines is 1. The van der Waals surface area contributed by atoms with E-state index in [0.29, 0.717) is 23.4 Å². The van der Waals surface area contributed by atoms with Crippen molar-refractivity contribution >= 4 is 22.6 Å². The highest BCUT2D eigenvalue weighted by molar-refractivity contribution is 5.91. The summed E-state index contributed by atoms with van der Waals surface area (Å²) >= 11 is 0. The molecule has 1 amide bonds. The maximum atomic E-state index is 11.4. The van der Waals surface area contributed by atoms with E-state index in [1.165, 1.54) is 6.92 Å². The monoisotopic (exact) mass is 351 g/mol. The van der Waals surface area contributed by atoms with E-state index in [4.69, 9.17) is 9.84 Å². The molecule has 0 radical (unpaired) electrons. The lowest BCUT2D eigenvalue weighted by molar-refractivity contribution is -0.114. The molecule has 7 nitrogen and oxygen atoms in total. The Morgan fingerprint density at radius 1 is 1.35 bits per heavy atom.